The smallest absolute Gasteiger partial charge is 0.410 e. The standard InChI is InChI=1S/C23H26N6O3S/c1-12-6-13-8-16(33-19(13)15(7-12)31-5)18-17-20(24)25-11-26-21(17)29(27-18)14-9-28(10-14)22(30)32-23(2,3)4/h6-8,11,14H,9-10H2,1-5H3,(H2,24,25,26). The Bertz CT molecular complexity index is 1380. The first-order valence-electron chi connectivity index (χ1n) is 10.7. The molecule has 1 fully saturated rings. The Morgan fingerprint density at radius 1 is 1.21 bits per heavy atom. The Balaban J connectivity index is 1.54. The van der Waals surface area contributed by atoms with Crippen molar-refractivity contribution in [2.45, 2.75) is 39.3 Å². The van der Waals surface area contributed by atoms with Gasteiger partial charge in [0.05, 0.1) is 28.1 Å². The van der Waals surface area contributed by atoms with Gasteiger partial charge < -0.3 is 20.1 Å². The molecule has 4 aromatic rings. The molecule has 1 amide bonds. The highest BCUT2D eigenvalue weighted by molar-refractivity contribution is 7.22. The Hall–Kier alpha value is -3.40. The van der Waals surface area contributed by atoms with E-state index in [2.05, 4.69) is 22.1 Å². The van der Waals surface area contributed by atoms with E-state index in [1.165, 1.54) is 6.33 Å². The summed E-state index contributed by atoms with van der Waals surface area (Å²) in [7, 11) is 1.68. The maximum atomic E-state index is 12.4. The lowest BCUT2D eigenvalue weighted by Gasteiger charge is -2.39. The van der Waals surface area contributed by atoms with Crippen molar-refractivity contribution in [2.24, 2.45) is 0 Å². The van der Waals surface area contributed by atoms with Crippen LogP contribution in [0, 0.1) is 6.92 Å². The van der Waals surface area contributed by atoms with Crippen molar-refractivity contribution in [1.29, 1.82) is 0 Å². The van der Waals surface area contributed by atoms with Crippen LogP contribution in [0.3, 0.4) is 0 Å². The number of aromatic nitrogens is 4. The Labute approximate surface area is 195 Å². The SMILES string of the molecule is COc1cc(C)cc2cc(-c3nn(C4CN(C(=O)OC(C)(C)C)C4)c4ncnc(N)c34)sc12. The zero-order chi connectivity index (χ0) is 23.5. The number of carbonyl (C=O) groups excluding carboxylic acids is 1. The number of likely N-dealkylation sites (tertiary alicyclic amines) is 1. The van der Waals surface area contributed by atoms with Crippen molar-refractivity contribution < 1.29 is 14.3 Å². The third-order valence-electron chi connectivity index (χ3n) is 5.56. The lowest BCUT2D eigenvalue weighted by Crippen LogP contribution is -2.52. The van der Waals surface area contributed by atoms with E-state index in [4.69, 9.17) is 20.3 Å². The molecule has 0 atom stereocenters. The van der Waals surface area contributed by atoms with E-state index in [-0.39, 0.29) is 12.1 Å². The van der Waals surface area contributed by atoms with Crippen molar-refractivity contribution in [2.75, 3.05) is 25.9 Å². The molecule has 0 aliphatic carbocycles. The molecule has 1 aromatic carbocycles. The number of ether oxygens (including phenoxy) is 2. The van der Waals surface area contributed by atoms with Crippen molar-refractivity contribution in [3.05, 3.63) is 30.1 Å². The average Bonchev–Trinajstić information content (AvgIpc) is 3.27. The highest BCUT2D eigenvalue weighted by Gasteiger charge is 2.37. The van der Waals surface area contributed by atoms with Gasteiger partial charge in [0.2, 0.25) is 0 Å². The summed E-state index contributed by atoms with van der Waals surface area (Å²) in [6.45, 7) is 8.61. The Morgan fingerprint density at radius 3 is 2.67 bits per heavy atom. The predicted molar refractivity (Wildman–Crippen MR) is 129 cm³/mol. The largest absolute Gasteiger partial charge is 0.495 e. The van der Waals surface area contributed by atoms with Crippen molar-refractivity contribution in [3.63, 3.8) is 0 Å². The third kappa shape index (κ3) is 3.74. The molecule has 4 heterocycles. The molecule has 172 valence electrons. The second kappa shape index (κ2) is 7.58. The molecule has 1 saturated heterocycles. The monoisotopic (exact) mass is 466 g/mol. The van der Waals surface area contributed by atoms with E-state index < -0.39 is 5.60 Å². The summed E-state index contributed by atoms with van der Waals surface area (Å²) in [6, 6.07) is 6.23. The molecule has 0 unspecified atom stereocenters. The minimum Gasteiger partial charge on any atom is -0.495 e. The summed E-state index contributed by atoms with van der Waals surface area (Å²) < 4.78 is 14.0. The number of thiophene rings is 1. The normalized spacial score (nSPS) is 14.6. The van der Waals surface area contributed by atoms with Gasteiger partial charge in [-0.25, -0.2) is 19.4 Å². The van der Waals surface area contributed by atoms with Crippen LogP contribution in [0.25, 0.3) is 31.7 Å². The number of amides is 1. The number of methoxy groups -OCH3 is 1. The van der Waals surface area contributed by atoms with E-state index in [9.17, 15) is 4.79 Å². The molecule has 0 spiro atoms. The number of nitrogens with two attached hydrogens (primary N) is 1. The molecule has 33 heavy (non-hydrogen) atoms. The van der Waals surface area contributed by atoms with Crippen LogP contribution < -0.4 is 10.5 Å². The van der Waals surface area contributed by atoms with Crippen LogP contribution in [0.4, 0.5) is 10.6 Å². The first kappa shape index (κ1) is 21.4. The van der Waals surface area contributed by atoms with Gasteiger partial charge in [-0.15, -0.1) is 11.3 Å². The van der Waals surface area contributed by atoms with Crippen LogP contribution in [0.1, 0.15) is 32.4 Å². The summed E-state index contributed by atoms with van der Waals surface area (Å²) in [6.07, 6.45) is 1.12. The van der Waals surface area contributed by atoms with Gasteiger partial charge in [0.1, 0.15) is 29.2 Å². The molecule has 3 aromatic heterocycles. The number of hydrogen-bond donors (Lipinski definition) is 1. The van der Waals surface area contributed by atoms with Gasteiger partial charge in [0, 0.05) is 13.1 Å². The lowest BCUT2D eigenvalue weighted by atomic mass is 10.1. The number of nitrogen functional groups attached to an aromatic ring is 1. The van der Waals surface area contributed by atoms with E-state index >= 15 is 0 Å². The molecule has 10 heteroatoms. The van der Waals surface area contributed by atoms with Gasteiger partial charge in [-0.1, -0.05) is 6.07 Å². The number of benzene rings is 1. The molecule has 9 nitrogen and oxygen atoms in total. The second-order valence-corrected chi connectivity index (χ2v) is 10.3. The fourth-order valence-corrected chi connectivity index (χ4v) is 5.16. The molecule has 2 N–H and O–H groups in total. The quantitative estimate of drug-likeness (QED) is 0.477. The zero-order valence-corrected chi connectivity index (χ0v) is 20.1. The maximum absolute atomic E-state index is 12.4. The van der Waals surface area contributed by atoms with Gasteiger partial charge in [-0.3, -0.25) is 0 Å². The summed E-state index contributed by atoms with van der Waals surface area (Å²) >= 11 is 1.60. The zero-order valence-electron chi connectivity index (χ0n) is 19.2. The van der Waals surface area contributed by atoms with E-state index in [0.717, 1.165) is 37.4 Å². The number of nitrogens with zero attached hydrogens (tertiary/aromatic N) is 5. The second-order valence-electron chi connectivity index (χ2n) is 9.29. The van der Waals surface area contributed by atoms with E-state index in [1.54, 1.807) is 23.3 Å². The number of hydrogen-bond acceptors (Lipinski definition) is 8. The minimum absolute atomic E-state index is 0.0192. The topological polar surface area (TPSA) is 108 Å². The number of rotatable bonds is 3. The molecular weight excluding hydrogens is 440 g/mol. The molecule has 0 radical (unpaired) electrons. The maximum Gasteiger partial charge on any atom is 0.410 e. The van der Waals surface area contributed by atoms with Gasteiger partial charge >= 0.3 is 6.09 Å². The molecule has 0 bridgehead atoms. The van der Waals surface area contributed by atoms with Crippen LogP contribution in [0.15, 0.2) is 24.5 Å². The first-order chi connectivity index (χ1) is 15.6. The van der Waals surface area contributed by atoms with E-state index in [1.807, 2.05) is 38.4 Å². The number of aryl methyl sites for hydroxylation is 1. The van der Waals surface area contributed by atoms with Gasteiger partial charge in [-0.05, 0) is 50.8 Å². The lowest BCUT2D eigenvalue weighted by molar-refractivity contribution is 0.000116. The minimum atomic E-state index is -0.532. The predicted octanol–water partition coefficient (Wildman–Crippen LogP) is 4.40. The molecule has 5 rings (SSSR count). The van der Waals surface area contributed by atoms with Crippen molar-refractivity contribution >= 4 is 44.4 Å². The summed E-state index contributed by atoms with van der Waals surface area (Å²) in [5.41, 5.74) is 8.26. The first-order valence-corrected chi connectivity index (χ1v) is 11.5. The number of carbonyl (C=O) groups is 1. The van der Waals surface area contributed by atoms with Crippen LogP contribution in [0.2, 0.25) is 0 Å². The van der Waals surface area contributed by atoms with Gasteiger partial charge in [-0.2, -0.15) is 5.10 Å². The highest BCUT2D eigenvalue weighted by Crippen LogP contribution is 2.42. The molecule has 0 saturated carbocycles. The van der Waals surface area contributed by atoms with Crippen LogP contribution in [0.5, 0.6) is 5.75 Å². The molecular formula is C23H26N6O3S. The Morgan fingerprint density at radius 2 is 1.97 bits per heavy atom. The number of fused-ring (bicyclic) bond motifs is 2. The van der Waals surface area contributed by atoms with Crippen LogP contribution >= 0.6 is 11.3 Å². The van der Waals surface area contributed by atoms with Crippen LogP contribution in [-0.4, -0.2) is 56.5 Å². The Kier molecular flexibility index (Phi) is 4.93. The van der Waals surface area contributed by atoms with Crippen molar-refractivity contribution in [3.8, 4) is 16.3 Å². The fourth-order valence-electron chi connectivity index (χ4n) is 4.04. The fraction of sp³-hybridized carbons (Fsp3) is 0.391. The summed E-state index contributed by atoms with van der Waals surface area (Å²) in [4.78, 5) is 23.7. The highest BCUT2D eigenvalue weighted by atomic mass is 32.1. The van der Waals surface area contributed by atoms with Crippen molar-refractivity contribution in [1.82, 2.24) is 24.6 Å². The van der Waals surface area contributed by atoms with Gasteiger partial charge in [0.15, 0.2) is 5.65 Å². The summed E-state index contributed by atoms with van der Waals surface area (Å²) in [5, 5.41) is 6.71. The van der Waals surface area contributed by atoms with E-state index in [0.29, 0.717) is 24.6 Å². The average molecular weight is 467 g/mol. The third-order valence-corrected chi connectivity index (χ3v) is 6.73. The molecule has 1 aliphatic rings. The van der Waals surface area contributed by atoms with Gasteiger partial charge in [0.25, 0.3) is 0 Å². The summed E-state index contributed by atoms with van der Waals surface area (Å²) in [5.74, 6) is 1.21. The molecule has 1 aliphatic heterocycles. The van der Waals surface area contributed by atoms with Crippen LogP contribution in [-0.2, 0) is 4.74 Å². The number of anilines is 1.